The number of aromatic nitrogens is 2. The summed E-state index contributed by atoms with van der Waals surface area (Å²) in [6, 6.07) is 0. The molecule has 5 N–H and O–H groups in total. The lowest BCUT2D eigenvalue weighted by Gasteiger charge is -2.04. The van der Waals surface area contributed by atoms with Gasteiger partial charge >= 0.3 is 0 Å². The molecule has 1 rings (SSSR count). The molecule has 6 heteroatoms. The van der Waals surface area contributed by atoms with E-state index in [1.165, 1.54) is 0 Å². The number of nitrogens with one attached hydrogen (secondary N) is 1. The van der Waals surface area contributed by atoms with E-state index >= 15 is 0 Å². The summed E-state index contributed by atoms with van der Waals surface area (Å²) in [7, 11) is 1.67. The van der Waals surface area contributed by atoms with Crippen molar-refractivity contribution >= 4 is 29.2 Å². The van der Waals surface area contributed by atoms with Gasteiger partial charge in [-0.05, 0) is 0 Å². The predicted molar refractivity (Wildman–Crippen MR) is 45.4 cm³/mol. The highest BCUT2D eigenvalue weighted by atomic mass is 35.5. The fourth-order valence-electron chi connectivity index (χ4n) is 0.648. The van der Waals surface area contributed by atoms with Crippen LogP contribution in [0.1, 0.15) is 0 Å². The van der Waals surface area contributed by atoms with Crippen LogP contribution in [0, 0.1) is 0 Å². The van der Waals surface area contributed by atoms with E-state index in [0.29, 0.717) is 10.8 Å². The number of nitrogens with two attached hydrogens (primary N) is 2. The van der Waals surface area contributed by atoms with E-state index in [9.17, 15) is 0 Å². The second kappa shape index (κ2) is 2.79. The first-order chi connectivity index (χ1) is 5.15. The zero-order valence-corrected chi connectivity index (χ0v) is 6.68. The van der Waals surface area contributed by atoms with Crippen molar-refractivity contribution in [2.24, 2.45) is 0 Å². The molecule has 0 bridgehead atoms. The summed E-state index contributed by atoms with van der Waals surface area (Å²) in [5.74, 6) is 0.733. The normalized spacial score (nSPS) is 9.64. The maximum absolute atomic E-state index is 5.70. The molecule has 0 spiro atoms. The molecule has 60 valence electrons. The van der Waals surface area contributed by atoms with Crippen LogP contribution in [0.3, 0.4) is 0 Å². The lowest BCUT2D eigenvalue weighted by molar-refractivity contribution is 1.18. The van der Waals surface area contributed by atoms with E-state index in [2.05, 4.69) is 15.3 Å². The Hall–Kier alpha value is -1.23. The van der Waals surface area contributed by atoms with Gasteiger partial charge in [0.25, 0.3) is 0 Å². The van der Waals surface area contributed by atoms with Gasteiger partial charge in [-0.1, -0.05) is 11.6 Å². The van der Waals surface area contributed by atoms with Crippen LogP contribution in [0.4, 0.5) is 17.6 Å². The van der Waals surface area contributed by atoms with Crippen LogP contribution in [-0.4, -0.2) is 17.0 Å². The van der Waals surface area contributed by atoms with Gasteiger partial charge in [0.2, 0.25) is 5.95 Å². The smallest absolute Gasteiger partial charge is 0.224 e. The quantitative estimate of drug-likeness (QED) is 0.570. The molecule has 0 saturated carbocycles. The molecule has 0 atom stereocenters. The van der Waals surface area contributed by atoms with Gasteiger partial charge in [0, 0.05) is 7.05 Å². The Morgan fingerprint density at radius 2 is 2.00 bits per heavy atom. The van der Waals surface area contributed by atoms with E-state index in [1.807, 2.05) is 0 Å². The van der Waals surface area contributed by atoms with E-state index in [4.69, 9.17) is 23.1 Å². The van der Waals surface area contributed by atoms with Gasteiger partial charge in [-0.2, -0.15) is 9.97 Å². The van der Waals surface area contributed by atoms with Crippen LogP contribution in [0.2, 0.25) is 5.02 Å². The molecule has 1 heterocycles. The SMILES string of the molecule is CNc1nc(N)nc(N)c1Cl. The second-order valence-electron chi connectivity index (χ2n) is 1.88. The molecule has 0 amide bonds. The summed E-state index contributed by atoms with van der Waals surface area (Å²) in [6.45, 7) is 0. The van der Waals surface area contributed by atoms with Crippen LogP contribution in [-0.2, 0) is 0 Å². The minimum absolute atomic E-state index is 0.108. The third-order valence-electron chi connectivity index (χ3n) is 1.13. The maximum Gasteiger partial charge on any atom is 0.224 e. The van der Waals surface area contributed by atoms with Gasteiger partial charge in [-0.15, -0.1) is 0 Å². The van der Waals surface area contributed by atoms with Crippen molar-refractivity contribution in [1.82, 2.24) is 9.97 Å². The Labute approximate surface area is 68.8 Å². The van der Waals surface area contributed by atoms with Gasteiger partial charge < -0.3 is 16.8 Å². The maximum atomic E-state index is 5.70. The van der Waals surface area contributed by atoms with Gasteiger partial charge in [0.15, 0.2) is 5.82 Å². The first-order valence-electron chi connectivity index (χ1n) is 2.91. The Bertz CT molecular complexity index is 274. The summed E-state index contributed by atoms with van der Waals surface area (Å²) in [5, 5.41) is 3.03. The molecule has 0 aliphatic heterocycles. The number of nitrogen functional groups attached to an aromatic ring is 2. The van der Waals surface area contributed by atoms with Crippen molar-refractivity contribution in [3.8, 4) is 0 Å². The third-order valence-corrected chi connectivity index (χ3v) is 1.50. The van der Waals surface area contributed by atoms with E-state index in [0.717, 1.165) is 0 Å². The number of halogens is 1. The largest absolute Gasteiger partial charge is 0.382 e. The Kier molecular flexibility index (Phi) is 2.00. The Morgan fingerprint density at radius 3 is 2.55 bits per heavy atom. The summed E-state index contributed by atoms with van der Waals surface area (Å²) in [4.78, 5) is 7.45. The molecule has 0 radical (unpaired) electrons. The fraction of sp³-hybridized carbons (Fsp3) is 0.200. The zero-order valence-electron chi connectivity index (χ0n) is 5.93. The average Bonchev–Trinajstić information content (AvgIpc) is 1.96. The number of rotatable bonds is 1. The predicted octanol–water partition coefficient (Wildman–Crippen LogP) is 0.336. The highest BCUT2D eigenvalue weighted by Crippen LogP contribution is 2.24. The van der Waals surface area contributed by atoms with Crippen molar-refractivity contribution in [2.75, 3.05) is 23.8 Å². The minimum Gasteiger partial charge on any atom is -0.382 e. The number of hydrogen-bond donors (Lipinski definition) is 3. The van der Waals surface area contributed by atoms with Crippen molar-refractivity contribution in [2.45, 2.75) is 0 Å². The first kappa shape index (κ1) is 7.87. The van der Waals surface area contributed by atoms with Crippen molar-refractivity contribution in [3.05, 3.63) is 5.02 Å². The molecule has 0 saturated heterocycles. The monoisotopic (exact) mass is 173 g/mol. The summed E-state index contributed by atoms with van der Waals surface area (Å²) < 4.78 is 0. The van der Waals surface area contributed by atoms with Crippen LogP contribution < -0.4 is 16.8 Å². The standard InChI is InChI=1S/C5H8ClN5/c1-9-4-2(6)3(7)10-5(8)11-4/h1H3,(H5,7,8,9,10,11). The molecular formula is C5H8ClN5. The molecular weight excluding hydrogens is 166 g/mol. The highest BCUT2D eigenvalue weighted by Gasteiger charge is 2.05. The van der Waals surface area contributed by atoms with Crippen LogP contribution in [0.15, 0.2) is 0 Å². The Morgan fingerprint density at radius 1 is 1.36 bits per heavy atom. The molecule has 11 heavy (non-hydrogen) atoms. The Balaban J connectivity index is 3.24. The molecule has 0 aromatic carbocycles. The molecule has 0 aliphatic rings. The second-order valence-corrected chi connectivity index (χ2v) is 2.26. The molecule has 0 fully saturated rings. The van der Waals surface area contributed by atoms with Gasteiger partial charge in [-0.25, -0.2) is 0 Å². The van der Waals surface area contributed by atoms with Crippen LogP contribution in [0.5, 0.6) is 0 Å². The lowest BCUT2D eigenvalue weighted by atomic mass is 10.5. The molecule has 0 unspecified atom stereocenters. The molecule has 5 nitrogen and oxygen atoms in total. The van der Waals surface area contributed by atoms with E-state index < -0.39 is 0 Å². The number of nitrogens with zero attached hydrogens (tertiary/aromatic N) is 2. The van der Waals surface area contributed by atoms with E-state index in [1.54, 1.807) is 7.05 Å². The minimum atomic E-state index is 0.108. The first-order valence-corrected chi connectivity index (χ1v) is 3.29. The molecule has 1 aromatic rings. The lowest BCUT2D eigenvalue weighted by Crippen LogP contribution is -2.04. The van der Waals surface area contributed by atoms with Crippen molar-refractivity contribution < 1.29 is 0 Å². The average molecular weight is 174 g/mol. The van der Waals surface area contributed by atoms with E-state index in [-0.39, 0.29) is 11.8 Å². The summed E-state index contributed by atoms with van der Waals surface area (Å²) in [6.07, 6.45) is 0. The van der Waals surface area contributed by atoms with Crippen LogP contribution >= 0.6 is 11.6 Å². The highest BCUT2D eigenvalue weighted by molar-refractivity contribution is 6.35. The summed E-state index contributed by atoms with van der Waals surface area (Å²) in [5.41, 5.74) is 10.7. The van der Waals surface area contributed by atoms with Gasteiger partial charge in [0.1, 0.15) is 10.8 Å². The van der Waals surface area contributed by atoms with Crippen molar-refractivity contribution in [1.29, 1.82) is 0 Å². The van der Waals surface area contributed by atoms with Gasteiger partial charge in [-0.3, -0.25) is 0 Å². The van der Waals surface area contributed by atoms with Crippen molar-refractivity contribution in [3.63, 3.8) is 0 Å². The zero-order chi connectivity index (χ0) is 8.43. The number of hydrogen-bond acceptors (Lipinski definition) is 5. The number of anilines is 3. The summed E-state index contributed by atoms with van der Waals surface area (Å²) >= 11 is 5.70. The molecule has 1 aromatic heterocycles. The third kappa shape index (κ3) is 1.43. The van der Waals surface area contributed by atoms with Crippen LogP contribution in [0.25, 0.3) is 0 Å². The topological polar surface area (TPSA) is 89.8 Å². The molecule has 0 aliphatic carbocycles. The fourth-order valence-corrected chi connectivity index (χ4v) is 0.827. The van der Waals surface area contributed by atoms with Gasteiger partial charge in [0.05, 0.1) is 0 Å².